The van der Waals surface area contributed by atoms with Crippen molar-refractivity contribution in [2.75, 3.05) is 0 Å². The lowest BCUT2D eigenvalue weighted by Gasteiger charge is -2.08. The van der Waals surface area contributed by atoms with Crippen LogP contribution in [0.1, 0.15) is 0 Å². The van der Waals surface area contributed by atoms with Crippen LogP contribution >= 0.6 is 0 Å². The fraction of sp³-hybridized carbons (Fsp3) is 0. The molecule has 0 fully saturated rings. The van der Waals surface area contributed by atoms with E-state index in [-0.39, 0.29) is 11.6 Å². The second kappa shape index (κ2) is 4.79. The molecule has 0 radical (unpaired) electrons. The summed E-state index contributed by atoms with van der Waals surface area (Å²) < 4.78 is 11.2. The molecule has 0 saturated heterocycles. The van der Waals surface area contributed by atoms with Crippen LogP contribution in [0.2, 0.25) is 0 Å². The molecule has 7 heteroatoms. The Bertz CT molecular complexity index is 1490. The largest absolute Gasteiger partial charge is 0.508 e. The minimum atomic E-state index is 0.143. The lowest BCUT2D eigenvalue weighted by molar-refractivity contribution is -0.120. The molecule has 0 atom stereocenters. The Morgan fingerprint density at radius 3 is 2.89 bits per heavy atom. The first kappa shape index (κ1) is 14.2. The van der Waals surface area contributed by atoms with Crippen molar-refractivity contribution in [1.82, 2.24) is 15.0 Å². The maximum Gasteiger partial charge on any atom is 0.299 e. The molecule has 0 saturated carbocycles. The number of H-pyrrole nitrogens is 2. The van der Waals surface area contributed by atoms with Crippen LogP contribution in [0.4, 0.5) is 0 Å². The van der Waals surface area contributed by atoms with E-state index in [1.807, 2.05) is 18.3 Å². The number of rotatable bonds is 2. The van der Waals surface area contributed by atoms with Gasteiger partial charge < -0.3 is 24.2 Å². The van der Waals surface area contributed by atoms with Gasteiger partial charge in [0.1, 0.15) is 11.3 Å². The number of fused-ring (bicyclic) bond motifs is 4. The maximum atomic E-state index is 11.0. The highest BCUT2D eigenvalue weighted by atomic mass is 16.5. The summed E-state index contributed by atoms with van der Waals surface area (Å²) in [4.78, 5) is 22.0. The van der Waals surface area contributed by atoms with Crippen molar-refractivity contribution < 1.29 is 19.1 Å². The third-order valence-electron chi connectivity index (χ3n) is 4.94. The van der Waals surface area contributed by atoms with E-state index in [9.17, 15) is 9.90 Å². The number of phenols is 1. The van der Waals surface area contributed by atoms with Crippen molar-refractivity contribution in [2.24, 2.45) is 0 Å². The van der Waals surface area contributed by atoms with E-state index in [0.717, 1.165) is 38.1 Å². The average Bonchev–Trinajstić information content (AvgIpc) is 3.17. The first-order valence-electron chi connectivity index (χ1n) is 8.31. The van der Waals surface area contributed by atoms with Crippen LogP contribution < -0.4 is 4.74 Å². The van der Waals surface area contributed by atoms with E-state index in [4.69, 9.17) is 9.15 Å². The Morgan fingerprint density at radius 1 is 1.11 bits per heavy atom. The molecule has 3 N–H and O–H groups in total. The quantitative estimate of drug-likeness (QED) is 0.401. The van der Waals surface area contributed by atoms with Crippen LogP contribution in [0.5, 0.6) is 11.6 Å². The van der Waals surface area contributed by atoms with Gasteiger partial charge in [-0.2, -0.15) is 0 Å². The predicted octanol–water partition coefficient (Wildman–Crippen LogP) is 4.29. The topological polar surface area (TPSA) is 104 Å². The second-order valence-corrected chi connectivity index (χ2v) is 6.42. The minimum absolute atomic E-state index is 0.143. The number of ether oxygens (including phenoxy) is 1. The maximum absolute atomic E-state index is 11.0. The van der Waals surface area contributed by atoms with E-state index in [2.05, 4.69) is 15.0 Å². The number of benzene rings is 2. The van der Waals surface area contributed by atoms with Gasteiger partial charge in [0.25, 0.3) is 6.47 Å². The van der Waals surface area contributed by atoms with Gasteiger partial charge >= 0.3 is 0 Å². The molecular formula is C20H11N3O4. The summed E-state index contributed by atoms with van der Waals surface area (Å²) in [6, 6.07) is 10.6. The number of nitrogens with zero attached hydrogens (tertiary/aromatic N) is 1. The second-order valence-electron chi connectivity index (χ2n) is 6.42. The number of aromatic hydroxyl groups is 1. The molecule has 130 valence electrons. The Labute approximate surface area is 150 Å². The first-order chi connectivity index (χ1) is 13.2. The number of aromatic nitrogens is 3. The molecule has 6 rings (SSSR count). The molecule has 0 spiro atoms. The number of hydrogen-bond acceptors (Lipinski definition) is 5. The highest BCUT2D eigenvalue weighted by Crippen LogP contribution is 2.44. The third kappa shape index (κ3) is 1.80. The summed E-state index contributed by atoms with van der Waals surface area (Å²) in [7, 11) is 0. The van der Waals surface area contributed by atoms with E-state index >= 15 is 0 Å². The van der Waals surface area contributed by atoms with Crippen molar-refractivity contribution in [3.05, 3.63) is 42.6 Å². The summed E-state index contributed by atoms with van der Waals surface area (Å²) in [6.07, 6.45) is 1.84. The standard InChI is InChI=1S/C20H11N3O4/c24-8-26-15-5-9-7-21-13-3-4-14-18(16(9)13)19(23-15)17-11-6-10(25)1-2-12(11)22-20(17)27-14/h1-8,21-22,25H. The number of carbonyl (C=O) groups is 1. The summed E-state index contributed by atoms with van der Waals surface area (Å²) in [5, 5.41) is 13.3. The molecule has 4 heterocycles. The van der Waals surface area contributed by atoms with Crippen LogP contribution in [0.15, 0.2) is 47.0 Å². The SMILES string of the molecule is O=COc1cc2c[nH]c3ccc4oc5[nH]c6ccc(O)cc6c5c(n1)-c4c23. The fourth-order valence-electron chi connectivity index (χ4n) is 3.86. The van der Waals surface area contributed by atoms with Crippen molar-refractivity contribution in [2.45, 2.75) is 0 Å². The molecule has 2 aliphatic rings. The Balaban J connectivity index is 1.93. The molecule has 2 aromatic carbocycles. The van der Waals surface area contributed by atoms with Crippen molar-refractivity contribution in [3.63, 3.8) is 0 Å². The van der Waals surface area contributed by atoms with E-state index in [1.165, 1.54) is 0 Å². The van der Waals surface area contributed by atoms with Crippen LogP contribution in [-0.2, 0) is 4.79 Å². The van der Waals surface area contributed by atoms with Crippen molar-refractivity contribution in [3.8, 4) is 22.9 Å². The molecular weight excluding hydrogens is 346 g/mol. The van der Waals surface area contributed by atoms with Gasteiger partial charge in [-0.1, -0.05) is 0 Å². The zero-order valence-corrected chi connectivity index (χ0v) is 13.7. The van der Waals surface area contributed by atoms with Gasteiger partial charge in [-0.05, 0) is 30.3 Å². The smallest absolute Gasteiger partial charge is 0.299 e. The van der Waals surface area contributed by atoms with Crippen molar-refractivity contribution in [1.29, 1.82) is 0 Å². The molecule has 0 bridgehead atoms. The summed E-state index contributed by atoms with van der Waals surface area (Å²) >= 11 is 0. The zero-order chi connectivity index (χ0) is 18.1. The Hall–Kier alpha value is -4.00. The number of carbonyl (C=O) groups excluding carboxylic acids is 1. The molecule has 0 unspecified atom stereocenters. The highest BCUT2D eigenvalue weighted by molar-refractivity contribution is 6.20. The molecule has 4 aromatic rings. The van der Waals surface area contributed by atoms with Gasteiger partial charge in [0.05, 0.1) is 16.6 Å². The van der Waals surface area contributed by atoms with Crippen molar-refractivity contribution >= 4 is 50.3 Å². The third-order valence-corrected chi connectivity index (χ3v) is 4.94. The Kier molecular flexibility index (Phi) is 2.52. The number of aromatic amines is 2. The summed E-state index contributed by atoms with van der Waals surface area (Å²) in [5.41, 5.74) is 4.37. The monoisotopic (exact) mass is 357 g/mol. The van der Waals surface area contributed by atoms with Gasteiger partial charge in [0.2, 0.25) is 11.6 Å². The summed E-state index contributed by atoms with van der Waals surface area (Å²) in [5.74, 6) is 0.329. The molecule has 2 aromatic heterocycles. The molecule has 7 nitrogen and oxygen atoms in total. The van der Waals surface area contributed by atoms with Gasteiger partial charge in [-0.15, -0.1) is 0 Å². The highest BCUT2D eigenvalue weighted by Gasteiger charge is 2.23. The summed E-state index contributed by atoms with van der Waals surface area (Å²) in [6.45, 7) is 0.359. The molecule has 27 heavy (non-hydrogen) atoms. The lowest BCUT2D eigenvalue weighted by atomic mass is 10.0. The zero-order valence-electron chi connectivity index (χ0n) is 13.7. The van der Waals surface area contributed by atoms with E-state index in [0.29, 0.717) is 23.5 Å². The van der Waals surface area contributed by atoms with Gasteiger partial charge in [0.15, 0.2) is 0 Å². The number of hydrogen-bond donors (Lipinski definition) is 3. The van der Waals surface area contributed by atoms with Crippen LogP contribution in [0.3, 0.4) is 0 Å². The lowest BCUT2D eigenvalue weighted by Crippen LogP contribution is -1.92. The van der Waals surface area contributed by atoms with Crippen LogP contribution in [0.25, 0.3) is 55.1 Å². The molecule has 0 amide bonds. The van der Waals surface area contributed by atoms with Crippen LogP contribution in [-0.4, -0.2) is 26.5 Å². The normalized spacial score (nSPS) is 12.0. The predicted molar refractivity (Wildman–Crippen MR) is 100 cm³/mol. The van der Waals surface area contributed by atoms with Crippen LogP contribution in [0, 0.1) is 0 Å². The number of nitrogens with one attached hydrogen (secondary N) is 2. The van der Waals surface area contributed by atoms with Gasteiger partial charge in [-0.25, -0.2) is 4.98 Å². The van der Waals surface area contributed by atoms with Gasteiger partial charge in [0, 0.05) is 39.5 Å². The molecule has 2 aliphatic heterocycles. The van der Waals surface area contributed by atoms with E-state index < -0.39 is 0 Å². The van der Waals surface area contributed by atoms with E-state index in [1.54, 1.807) is 24.3 Å². The average molecular weight is 357 g/mol. The number of phenolic OH excluding ortho intramolecular Hbond substituents is 1. The Morgan fingerprint density at radius 2 is 2.00 bits per heavy atom. The fourth-order valence-corrected chi connectivity index (χ4v) is 3.86. The first-order valence-corrected chi connectivity index (χ1v) is 8.31. The minimum Gasteiger partial charge on any atom is -0.508 e. The van der Waals surface area contributed by atoms with Gasteiger partial charge in [-0.3, -0.25) is 4.79 Å². The molecule has 0 aliphatic carbocycles.